The highest BCUT2D eigenvalue weighted by Gasteiger charge is 2.25. The van der Waals surface area contributed by atoms with Crippen LogP contribution >= 0.6 is 11.6 Å². The SMILES string of the molecule is Fc1cc(F)c2[nH]cc(-c3ncc(F)c(C[C@H]4CCC[C@@H](Nc5ccnc(Cl)n5)C4)n3)c2c1. The first kappa shape index (κ1) is 21.6. The zero-order valence-corrected chi connectivity index (χ0v) is 18.2. The van der Waals surface area contributed by atoms with E-state index in [1.807, 2.05) is 0 Å². The number of H-pyrrole nitrogens is 1. The molecule has 0 aliphatic heterocycles. The molecule has 6 nitrogen and oxygen atoms in total. The van der Waals surface area contributed by atoms with Crippen molar-refractivity contribution in [3.8, 4) is 11.4 Å². The van der Waals surface area contributed by atoms with Crippen molar-refractivity contribution >= 4 is 28.3 Å². The first-order chi connectivity index (χ1) is 16.0. The Morgan fingerprint density at radius 3 is 2.82 bits per heavy atom. The number of fused-ring (bicyclic) bond motifs is 1. The highest BCUT2D eigenvalue weighted by Crippen LogP contribution is 2.32. The highest BCUT2D eigenvalue weighted by atomic mass is 35.5. The maximum Gasteiger partial charge on any atom is 0.224 e. The molecule has 1 aromatic carbocycles. The van der Waals surface area contributed by atoms with Gasteiger partial charge in [-0.05, 0) is 55.3 Å². The number of benzene rings is 1. The summed E-state index contributed by atoms with van der Waals surface area (Å²) in [7, 11) is 0. The minimum absolute atomic E-state index is 0.159. The summed E-state index contributed by atoms with van der Waals surface area (Å²) in [6.07, 6.45) is 8.40. The maximum atomic E-state index is 14.6. The smallest absolute Gasteiger partial charge is 0.224 e. The lowest BCUT2D eigenvalue weighted by Crippen LogP contribution is -2.29. The molecule has 3 heterocycles. The molecule has 0 spiro atoms. The van der Waals surface area contributed by atoms with E-state index >= 15 is 0 Å². The standard InChI is InChI=1S/C23H20ClF3N6/c24-23-28-5-4-20(33-23)31-14-3-1-2-12(6-14)7-19-18(27)11-30-22(32-19)16-10-29-21-15(16)8-13(25)9-17(21)26/h4-5,8-12,14,29H,1-3,6-7H2,(H,28,31,33)/t12-,14+/m0/s1. The number of nitrogens with zero attached hydrogens (tertiary/aromatic N) is 4. The van der Waals surface area contributed by atoms with E-state index in [1.54, 1.807) is 12.3 Å². The van der Waals surface area contributed by atoms with Gasteiger partial charge in [0.05, 0.1) is 17.4 Å². The zero-order valence-electron chi connectivity index (χ0n) is 17.5. The topological polar surface area (TPSA) is 79.4 Å². The third-order valence-electron chi connectivity index (χ3n) is 6.01. The van der Waals surface area contributed by atoms with Crippen LogP contribution in [0.4, 0.5) is 19.0 Å². The second-order valence-electron chi connectivity index (χ2n) is 8.29. The number of hydrogen-bond donors (Lipinski definition) is 2. The first-order valence-corrected chi connectivity index (χ1v) is 11.1. The normalized spacial score (nSPS) is 18.5. The fraction of sp³-hybridized carbons (Fsp3) is 0.304. The number of hydrogen-bond acceptors (Lipinski definition) is 5. The van der Waals surface area contributed by atoms with Gasteiger partial charge in [-0.15, -0.1) is 0 Å². The van der Waals surface area contributed by atoms with E-state index in [0.717, 1.165) is 37.9 Å². The lowest BCUT2D eigenvalue weighted by Gasteiger charge is -2.30. The molecule has 170 valence electrons. The third-order valence-corrected chi connectivity index (χ3v) is 6.19. The summed E-state index contributed by atoms with van der Waals surface area (Å²) in [5.74, 6) is -0.797. The molecule has 4 aromatic rings. The summed E-state index contributed by atoms with van der Waals surface area (Å²) < 4.78 is 42.4. The average Bonchev–Trinajstić information content (AvgIpc) is 3.20. The second kappa shape index (κ2) is 8.97. The van der Waals surface area contributed by atoms with Crippen LogP contribution in [0.1, 0.15) is 31.4 Å². The van der Waals surface area contributed by atoms with Crippen molar-refractivity contribution in [3.63, 3.8) is 0 Å². The van der Waals surface area contributed by atoms with Gasteiger partial charge < -0.3 is 10.3 Å². The van der Waals surface area contributed by atoms with Gasteiger partial charge in [-0.3, -0.25) is 0 Å². The molecular weight excluding hydrogens is 453 g/mol. The van der Waals surface area contributed by atoms with Crippen LogP contribution in [0.25, 0.3) is 22.3 Å². The number of halogens is 4. The number of nitrogens with one attached hydrogen (secondary N) is 2. The molecule has 1 aliphatic carbocycles. The Morgan fingerprint density at radius 1 is 1.09 bits per heavy atom. The molecule has 1 fully saturated rings. The molecule has 3 aromatic heterocycles. The quantitative estimate of drug-likeness (QED) is 0.364. The fourth-order valence-electron chi connectivity index (χ4n) is 4.52. The number of aromatic amines is 1. The molecule has 33 heavy (non-hydrogen) atoms. The molecule has 2 N–H and O–H groups in total. The minimum Gasteiger partial charge on any atom is -0.367 e. The summed E-state index contributed by atoms with van der Waals surface area (Å²) in [6.45, 7) is 0. The monoisotopic (exact) mass is 472 g/mol. The molecule has 0 amide bonds. The Kier molecular flexibility index (Phi) is 5.88. The predicted molar refractivity (Wildman–Crippen MR) is 119 cm³/mol. The summed E-state index contributed by atoms with van der Waals surface area (Å²) >= 11 is 5.86. The van der Waals surface area contributed by atoms with Gasteiger partial charge >= 0.3 is 0 Å². The molecule has 0 saturated heterocycles. The lowest BCUT2D eigenvalue weighted by molar-refractivity contribution is 0.327. The van der Waals surface area contributed by atoms with Crippen LogP contribution in [-0.4, -0.2) is 31.0 Å². The van der Waals surface area contributed by atoms with Gasteiger partial charge in [-0.1, -0.05) is 6.42 Å². The molecule has 10 heteroatoms. The van der Waals surface area contributed by atoms with Gasteiger partial charge in [0, 0.05) is 35.5 Å². The molecule has 0 bridgehead atoms. The number of aromatic nitrogens is 5. The molecule has 1 aliphatic rings. The van der Waals surface area contributed by atoms with E-state index < -0.39 is 17.5 Å². The number of rotatable bonds is 5. The van der Waals surface area contributed by atoms with Gasteiger partial charge in [0.2, 0.25) is 5.28 Å². The Labute approximate surface area is 192 Å². The largest absolute Gasteiger partial charge is 0.367 e. The molecule has 5 rings (SSSR count). The van der Waals surface area contributed by atoms with Crippen molar-refractivity contribution in [1.82, 2.24) is 24.9 Å². The van der Waals surface area contributed by atoms with Crippen molar-refractivity contribution in [1.29, 1.82) is 0 Å². The molecule has 1 saturated carbocycles. The fourth-order valence-corrected chi connectivity index (χ4v) is 4.67. The van der Waals surface area contributed by atoms with E-state index in [4.69, 9.17) is 11.6 Å². The van der Waals surface area contributed by atoms with Crippen LogP contribution in [0.5, 0.6) is 0 Å². The van der Waals surface area contributed by atoms with Crippen LogP contribution < -0.4 is 5.32 Å². The van der Waals surface area contributed by atoms with Gasteiger partial charge in [-0.2, -0.15) is 0 Å². The molecule has 0 radical (unpaired) electrons. The summed E-state index contributed by atoms with van der Waals surface area (Å²) in [6, 6.07) is 3.97. The van der Waals surface area contributed by atoms with E-state index in [9.17, 15) is 13.2 Å². The lowest BCUT2D eigenvalue weighted by atomic mass is 9.83. The van der Waals surface area contributed by atoms with Crippen LogP contribution in [0.3, 0.4) is 0 Å². The van der Waals surface area contributed by atoms with E-state index in [2.05, 4.69) is 30.2 Å². The van der Waals surface area contributed by atoms with Crippen LogP contribution in [0, 0.1) is 23.4 Å². The summed E-state index contributed by atoms with van der Waals surface area (Å²) in [4.78, 5) is 19.3. The van der Waals surface area contributed by atoms with Gasteiger partial charge in [0.1, 0.15) is 17.5 Å². The highest BCUT2D eigenvalue weighted by molar-refractivity contribution is 6.28. The molecular formula is C23H20ClF3N6. The maximum absolute atomic E-state index is 14.6. The molecule has 0 unspecified atom stereocenters. The van der Waals surface area contributed by atoms with Crippen LogP contribution in [-0.2, 0) is 6.42 Å². The Hall–Kier alpha value is -3.20. The van der Waals surface area contributed by atoms with Crippen molar-refractivity contribution in [2.45, 2.75) is 38.1 Å². The molecule has 2 atom stereocenters. The van der Waals surface area contributed by atoms with Gasteiger partial charge in [0.25, 0.3) is 0 Å². The third kappa shape index (κ3) is 4.64. The Morgan fingerprint density at radius 2 is 1.97 bits per heavy atom. The van der Waals surface area contributed by atoms with Crippen molar-refractivity contribution in [2.24, 2.45) is 5.92 Å². The van der Waals surface area contributed by atoms with Crippen molar-refractivity contribution < 1.29 is 13.2 Å². The van der Waals surface area contributed by atoms with Crippen LogP contribution in [0.2, 0.25) is 5.28 Å². The number of anilines is 1. The summed E-state index contributed by atoms with van der Waals surface area (Å²) in [5.41, 5.74) is 0.877. The van der Waals surface area contributed by atoms with E-state index in [1.165, 1.54) is 12.3 Å². The van der Waals surface area contributed by atoms with Gasteiger partial charge in [0.15, 0.2) is 11.6 Å². The van der Waals surface area contributed by atoms with Gasteiger partial charge in [-0.25, -0.2) is 33.1 Å². The predicted octanol–water partition coefficient (Wildman–Crippen LogP) is 5.70. The van der Waals surface area contributed by atoms with E-state index in [0.29, 0.717) is 28.9 Å². The Bertz CT molecular complexity index is 1310. The zero-order chi connectivity index (χ0) is 22.9. The summed E-state index contributed by atoms with van der Waals surface area (Å²) in [5, 5.41) is 3.88. The van der Waals surface area contributed by atoms with E-state index in [-0.39, 0.29) is 28.6 Å². The average molecular weight is 473 g/mol. The first-order valence-electron chi connectivity index (χ1n) is 10.7. The minimum atomic E-state index is -0.704. The van der Waals surface area contributed by atoms with Crippen molar-refractivity contribution in [2.75, 3.05) is 5.32 Å². The Balaban J connectivity index is 1.36. The second-order valence-corrected chi connectivity index (χ2v) is 8.63. The van der Waals surface area contributed by atoms with Crippen molar-refractivity contribution in [3.05, 3.63) is 65.2 Å². The van der Waals surface area contributed by atoms with Crippen LogP contribution in [0.15, 0.2) is 36.8 Å².